The molecule has 3 aromatic rings. The Morgan fingerprint density at radius 1 is 1.08 bits per heavy atom. The van der Waals surface area contributed by atoms with E-state index in [2.05, 4.69) is 71.0 Å². The third kappa shape index (κ3) is 3.90. The van der Waals surface area contributed by atoms with Crippen molar-refractivity contribution in [1.82, 2.24) is 9.55 Å². The van der Waals surface area contributed by atoms with Gasteiger partial charge >= 0.3 is 0 Å². The summed E-state index contributed by atoms with van der Waals surface area (Å²) in [6, 6.07) is 18.6. The standard InChI is InChI=1S/C20H21N5/c1-15(2)20-23-19(17-6-4-3-5-7-17)14-25(20)18-10-8-16(9-11-18)12-13-22-24-21/h3-11,14-15H,12-13H2,1-2H3. The van der Waals surface area contributed by atoms with Crippen molar-refractivity contribution in [2.24, 2.45) is 5.11 Å². The summed E-state index contributed by atoms with van der Waals surface area (Å²) < 4.78 is 2.16. The number of imidazole rings is 1. The van der Waals surface area contributed by atoms with Crippen LogP contribution in [0.5, 0.6) is 0 Å². The molecular weight excluding hydrogens is 310 g/mol. The molecule has 126 valence electrons. The zero-order valence-corrected chi connectivity index (χ0v) is 14.5. The van der Waals surface area contributed by atoms with Crippen molar-refractivity contribution in [3.05, 3.63) is 82.6 Å². The Morgan fingerprint density at radius 2 is 1.80 bits per heavy atom. The lowest BCUT2D eigenvalue weighted by molar-refractivity contribution is 0.752. The van der Waals surface area contributed by atoms with E-state index < -0.39 is 0 Å². The molecule has 5 nitrogen and oxygen atoms in total. The number of hydrogen-bond acceptors (Lipinski definition) is 2. The summed E-state index contributed by atoms with van der Waals surface area (Å²) in [6.07, 6.45) is 2.85. The summed E-state index contributed by atoms with van der Waals surface area (Å²) >= 11 is 0. The van der Waals surface area contributed by atoms with Crippen LogP contribution in [0.1, 0.15) is 31.2 Å². The van der Waals surface area contributed by atoms with Crippen LogP contribution in [0.15, 0.2) is 65.9 Å². The normalized spacial score (nSPS) is 10.7. The van der Waals surface area contributed by atoms with Gasteiger partial charge in [-0.25, -0.2) is 4.98 Å². The maximum Gasteiger partial charge on any atom is 0.116 e. The summed E-state index contributed by atoms with van der Waals surface area (Å²) in [7, 11) is 0. The molecule has 0 radical (unpaired) electrons. The highest BCUT2D eigenvalue weighted by Gasteiger charge is 2.13. The lowest BCUT2D eigenvalue weighted by Crippen LogP contribution is -2.02. The van der Waals surface area contributed by atoms with Crippen LogP contribution in [0.4, 0.5) is 0 Å². The first-order valence-corrected chi connectivity index (χ1v) is 8.44. The zero-order chi connectivity index (χ0) is 17.6. The Labute approximate surface area is 147 Å². The number of hydrogen-bond donors (Lipinski definition) is 0. The Kier molecular flexibility index (Phi) is 5.17. The van der Waals surface area contributed by atoms with Crippen LogP contribution in [0.2, 0.25) is 0 Å². The minimum Gasteiger partial charge on any atom is -0.303 e. The van der Waals surface area contributed by atoms with Gasteiger partial charge in [-0.1, -0.05) is 61.4 Å². The maximum absolute atomic E-state index is 8.36. The number of benzene rings is 2. The Bertz CT molecular complexity index is 872. The fourth-order valence-corrected chi connectivity index (χ4v) is 2.80. The van der Waals surface area contributed by atoms with Crippen LogP contribution in [-0.4, -0.2) is 16.1 Å². The van der Waals surface area contributed by atoms with Crippen molar-refractivity contribution in [3.8, 4) is 16.9 Å². The second-order valence-electron chi connectivity index (χ2n) is 6.25. The summed E-state index contributed by atoms with van der Waals surface area (Å²) in [4.78, 5) is 7.64. The van der Waals surface area contributed by atoms with Gasteiger partial charge in [-0.3, -0.25) is 0 Å². The summed E-state index contributed by atoms with van der Waals surface area (Å²) in [5, 5.41) is 3.59. The van der Waals surface area contributed by atoms with Crippen LogP contribution < -0.4 is 0 Å². The smallest absolute Gasteiger partial charge is 0.116 e. The van der Waals surface area contributed by atoms with Crippen LogP contribution in [0, 0.1) is 0 Å². The Morgan fingerprint density at radius 3 is 2.44 bits per heavy atom. The van der Waals surface area contributed by atoms with Gasteiger partial charge in [0.1, 0.15) is 5.82 Å². The molecule has 0 bridgehead atoms. The van der Waals surface area contributed by atoms with E-state index >= 15 is 0 Å². The molecule has 0 N–H and O–H groups in total. The molecule has 0 saturated carbocycles. The van der Waals surface area contributed by atoms with E-state index in [9.17, 15) is 0 Å². The van der Waals surface area contributed by atoms with Gasteiger partial charge in [-0.05, 0) is 29.6 Å². The van der Waals surface area contributed by atoms with Crippen LogP contribution in [0.3, 0.4) is 0 Å². The highest BCUT2D eigenvalue weighted by Crippen LogP contribution is 2.25. The van der Waals surface area contributed by atoms with Crippen LogP contribution >= 0.6 is 0 Å². The molecule has 2 aromatic carbocycles. The molecule has 0 atom stereocenters. The summed E-state index contributed by atoms with van der Waals surface area (Å²) in [5.41, 5.74) is 12.7. The molecule has 0 aliphatic heterocycles. The second-order valence-corrected chi connectivity index (χ2v) is 6.25. The lowest BCUT2D eigenvalue weighted by Gasteiger charge is -2.10. The van der Waals surface area contributed by atoms with Gasteiger partial charge in [0.05, 0.1) is 5.69 Å². The summed E-state index contributed by atoms with van der Waals surface area (Å²) in [6.45, 7) is 4.79. The van der Waals surface area contributed by atoms with Crippen molar-refractivity contribution in [2.45, 2.75) is 26.2 Å². The molecule has 0 saturated heterocycles. The minimum absolute atomic E-state index is 0.321. The molecule has 0 fully saturated rings. The maximum atomic E-state index is 8.36. The molecule has 0 aliphatic rings. The Balaban J connectivity index is 1.93. The van der Waals surface area contributed by atoms with Gasteiger partial charge in [0.2, 0.25) is 0 Å². The van der Waals surface area contributed by atoms with Gasteiger partial charge in [-0.15, -0.1) is 0 Å². The topological polar surface area (TPSA) is 66.6 Å². The molecule has 1 heterocycles. The van der Waals surface area contributed by atoms with Gasteiger partial charge < -0.3 is 4.57 Å². The van der Waals surface area contributed by atoms with Crippen molar-refractivity contribution in [2.75, 3.05) is 6.54 Å². The number of aromatic nitrogens is 2. The van der Waals surface area contributed by atoms with E-state index in [1.54, 1.807) is 0 Å². The van der Waals surface area contributed by atoms with Gasteiger partial charge in [0, 0.05) is 34.8 Å². The van der Waals surface area contributed by atoms with E-state index in [0.29, 0.717) is 12.5 Å². The third-order valence-corrected chi connectivity index (χ3v) is 4.10. The Hall–Kier alpha value is -3.04. The molecule has 3 rings (SSSR count). The second kappa shape index (κ2) is 7.69. The molecule has 0 unspecified atom stereocenters. The average Bonchev–Trinajstić information content (AvgIpc) is 3.09. The van der Waals surface area contributed by atoms with E-state index in [-0.39, 0.29) is 0 Å². The first kappa shape index (κ1) is 16.8. The fraction of sp³-hybridized carbons (Fsp3) is 0.250. The molecule has 5 heteroatoms. The fourth-order valence-electron chi connectivity index (χ4n) is 2.80. The van der Waals surface area contributed by atoms with Crippen molar-refractivity contribution in [1.29, 1.82) is 0 Å². The van der Waals surface area contributed by atoms with Gasteiger partial charge in [-0.2, -0.15) is 0 Å². The van der Waals surface area contributed by atoms with Gasteiger partial charge in [0.15, 0.2) is 0 Å². The van der Waals surface area contributed by atoms with E-state index in [1.165, 1.54) is 0 Å². The monoisotopic (exact) mass is 331 g/mol. The lowest BCUT2D eigenvalue weighted by atomic mass is 10.1. The number of azide groups is 1. The van der Waals surface area contributed by atoms with Crippen LogP contribution in [0.25, 0.3) is 27.4 Å². The number of rotatable bonds is 6. The highest BCUT2D eigenvalue weighted by atomic mass is 15.1. The largest absolute Gasteiger partial charge is 0.303 e. The van der Waals surface area contributed by atoms with Gasteiger partial charge in [0.25, 0.3) is 0 Å². The quantitative estimate of drug-likeness (QED) is 0.333. The predicted molar refractivity (Wildman–Crippen MR) is 101 cm³/mol. The van der Waals surface area contributed by atoms with Crippen LogP contribution in [-0.2, 0) is 6.42 Å². The predicted octanol–water partition coefficient (Wildman–Crippen LogP) is 5.52. The molecule has 0 amide bonds. The van der Waals surface area contributed by atoms with E-state index in [4.69, 9.17) is 10.5 Å². The highest BCUT2D eigenvalue weighted by molar-refractivity contribution is 5.59. The average molecular weight is 331 g/mol. The van der Waals surface area contributed by atoms with E-state index in [0.717, 1.165) is 34.8 Å². The minimum atomic E-state index is 0.321. The molecule has 0 spiro atoms. The van der Waals surface area contributed by atoms with Crippen molar-refractivity contribution >= 4 is 0 Å². The first-order valence-electron chi connectivity index (χ1n) is 8.44. The molecule has 1 aromatic heterocycles. The molecule has 25 heavy (non-hydrogen) atoms. The zero-order valence-electron chi connectivity index (χ0n) is 14.5. The number of nitrogens with zero attached hydrogens (tertiary/aromatic N) is 5. The summed E-state index contributed by atoms with van der Waals surface area (Å²) in [5.74, 6) is 1.36. The van der Waals surface area contributed by atoms with Crippen molar-refractivity contribution < 1.29 is 0 Å². The molecular formula is C20H21N5. The van der Waals surface area contributed by atoms with Crippen molar-refractivity contribution in [3.63, 3.8) is 0 Å². The molecule has 0 aliphatic carbocycles. The SMILES string of the molecule is CC(C)c1nc(-c2ccccc2)cn1-c1ccc(CCN=[N+]=[N-])cc1. The third-order valence-electron chi connectivity index (χ3n) is 4.10. The van der Waals surface area contributed by atoms with E-state index in [1.807, 2.05) is 18.2 Å². The first-order chi connectivity index (χ1) is 12.2.